The summed E-state index contributed by atoms with van der Waals surface area (Å²) in [6.45, 7) is 0. The summed E-state index contributed by atoms with van der Waals surface area (Å²) in [5, 5.41) is 40.8. The van der Waals surface area contributed by atoms with E-state index < -0.39 is 24.6 Å². The number of rotatable bonds is 9. The number of hydrogen-bond donors (Lipinski definition) is 3. The molecule has 0 spiro atoms. The second kappa shape index (κ2) is 10.4. The molecule has 160 valence electrons. The maximum atomic E-state index is 10.8. The highest BCUT2D eigenvalue weighted by Crippen LogP contribution is 2.32. The lowest BCUT2D eigenvalue weighted by atomic mass is 9.92. The predicted octanol–water partition coefficient (Wildman–Crippen LogP) is 2.31. The number of aliphatic hydroxyl groups is 2. The van der Waals surface area contributed by atoms with Crippen molar-refractivity contribution in [2.24, 2.45) is 7.05 Å². The Bertz CT molecular complexity index is 1020. The molecule has 0 amide bonds. The Labute approximate surface area is 179 Å². The van der Waals surface area contributed by atoms with Crippen molar-refractivity contribution in [3.8, 4) is 0 Å². The third kappa shape index (κ3) is 5.94. The minimum Gasteiger partial charge on any atom is -0.481 e. The second-order valence-corrected chi connectivity index (χ2v) is 7.06. The van der Waals surface area contributed by atoms with Crippen LogP contribution in [0.1, 0.15) is 29.8 Å². The number of allylic oxidation sites excluding steroid dienone is 2. The van der Waals surface area contributed by atoms with Gasteiger partial charge in [0.15, 0.2) is 5.82 Å². The first-order valence-electron chi connectivity index (χ1n) is 9.79. The number of carbonyl (C=O) groups is 1. The lowest BCUT2D eigenvalue weighted by Gasteiger charge is -2.15. The number of carboxylic acids is 1. The van der Waals surface area contributed by atoms with Crippen LogP contribution in [0.15, 0.2) is 72.8 Å². The van der Waals surface area contributed by atoms with Crippen molar-refractivity contribution in [3.63, 3.8) is 0 Å². The monoisotopic (exact) mass is 420 g/mol. The molecule has 0 saturated heterocycles. The van der Waals surface area contributed by atoms with E-state index in [1.165, 1.54) is 10.8 Å². The van der Waals surface area contributed by atoms with E-state index in [4.69, 9.17) is 5.11 Å². The van der Waals surface area contributed by atoms with E-state index in [9.17, 15) is 15.0 Å². The summed E-state index contributed by atoms with van der Waals surface area (Å²) in [6, 6.07) is 19.5. The summed E-state index contributed by atoms with van der Waals surface area (Å²) in [7, 11) is 1.73. The zero-order valence-electron chi connectivity index (χ0n) is 17.0. The molecular weight excluding hydrogens is 396 g/mol. The molecule has 3 aromatic rings. The molecule has 8 heteroatoms. The number of hydrogen-bond acceptors (Lipinski definition) is 6. The van der Waals surface area contributed by atoms with E-state index in [1.54, 1.807) is 13.1 Å². The van der Waals surface area contributed by atoms with Gasteiger partial charge in [-0.3, -0.25) is 4.79 Å². The summed E-state index contributed by atoms with van der Waals surface area (Å²) >= 11 is 0. The second-order valence-electron chi connectivity index (χ2n) is 7.06. The lowest BCUT2D eigenvalue weighted by Crippen LogP contribution is -2.19. The Hall–Kier alpha value is -3.62. The fraction of sp³-hybridized carbons (Fsp3) is 0.217. The summed E-state index contributed by atoms with van der Waals surface area (Å²) in [5.74, 6) is -0.623. The molecule has 0 unspecified atom stereocenters. The van der Waals surface area contributed by atoms with E-state index >= 15 is 0 Å². The van der Waals surface area contributed by atoms with Gasteiger partial charge in [0.2, 0.25) is 0 Å². The van der Waals surface area contributed by atoms with Crippen molar-refractivity contribution in [2.45, 2.75) is 25.0 Å². The Morgan fingerprint density at radius 3 is 2.10 bits per heavy atom. The maximum Gasteiger partial charge on any atom is 0.305 e. The van der Waals surface area contributed by atoms with E-state index in [-0.39, 0.29) is 6.42 Å². The molecule has 1 heterocycles. The quantitative estimate of drug-likeness (QED) is 0.454. The molecular formula is C23H24N4O4. The van der Waals surface area contributed by atoms with Crippen LogP contribution in [0, 0.1) is 0 Å². The molecule has 3 N–H and O–H groups in total. The van der Waals surface area contributed by atoms with Crippen molar-refractivity contribution >= 4 is 17.1 Å². The van der Waals surface area contributed by atoms with Crippen LogP contribution in [0.3, 0.4) is 0 Å². The zero-order chi connectivity index (χ0) is 22.2. The third-order valence-corrected chi connectivity index (χ3v) is 4.66. The number of tetrazole rings is 1. The van der Waals surface area contributed by atoms with Gasteiger partial charge in [0, 0.05) is 19.0 Å². The molecule has 3 rings (SSSR count). The topological polar surface area (TPSA) is 121 Å². The first-order chi connectivity index (χ1) is 15.0. The number of aromatic nitrogens is 4. The van der Waals surface area contributed by atoms with E-state index in [2.05, 4.69) is 15.5 Å². The van der Waals surface area contributed by atoms with Crippen LogP contribution >= 0.6 is 0 Å². The van der Waals surface area contributed by atoms with Gasteiger partial charge in [-0.15, -0.1) is 5.10 Å². The largest absolute Gasteiger partial charge is 0.481 e. The predicted molar refractivity (Wildman–Crippen MR) is 116 cm³/mol. The Morgan fingerprint density at radius 1 is 1.03 bits per heavy atom. The molecule has 0 aliphatic carbocycles. The van der Waals surface area contributed by atoms with Gasteiger partial charge >= 0.3 is 5.97 Å². The molecule has 0 radical (unpaired) electrons. The van der Waals surface area contributed by atoms with Crippen molar-refractivity contribution in [2.75, 3.05) is 0 Å². The van der Waals surface area contributed by atoms with Crippen LogP contribution in [-0.2, 0) is 11.8 Å². The number of benzene rings is 2. The minimum absolute atomic E-state index is 0.0981. The molecule has 0 aliphatic heterocycles. The molecule has 31 heavy (non-hydrogen) atoms. The molecule has 2 atom stereocenters. The standard InChI is InChI=1S/C23H24N4O4/c1-27-23(24-25-26-27)20(13-12-18(28)14-19(29)15-21(30)31)22(16-8-4-2-5-9-16)17-10-6-3-7-11-17/h2-13,18-19,28-29H,14-15H2,1H3,(H,30,31)/b13-12+/t18-,19-/m1/s1. The molecule has 0 fully saturated rings. The van der Waals surface area contributed by atoms with Crippen molar-refractivity contribution in [3.05, 3.63) is 89.8 Å². The molecule has 0 bridgehead atoms. The third-order valence-electron chi connectivity index (χ3n) is 4.66. The summed E-state index contributed by atoms with van der Waals surface area (Å²) in [5.41, 5.74) is 3.43. The van der Waals surface area contributed by atoms with Crippen molar-refractivity contribution in [1.29, 1.82) is 0 Å². The van der Waals surface area contributed by atoms with E-state index in [0.29, 0.717) is 11.4 Å². The average molecular weight is 420 g/mol. The Morgan fingerprint density at radius 2 is 1.61 bits per heavy atom. The molecule has 0 saturated carbocycles. The maximum absolute atomic E-state index is 10.8. The minimum atomic E-state index is -1.15. The van der Waals surface area contributed by atoms with E-state index in [1.807, 2.05) is 60.7 Å². The fourth-order valence-electron chi connectivity index (χ4n) is 3.26. The number of nitrogens with zero attached hydrogens (tertiary/aromatic N) is 4. The average Bonchev–Trinajstić information content (AvgIpc) is 3.17. The SMILES string of the molecule is Cn1nnnc1C(/C=C/[C@@H](O)C[C@@H](O)CC(=O)O)=C(c1ccccc1)c1ccccc1. The van der Waals surface area contributed by atoms with Crippen LogP contribution in [0.25, 0.3) is 11.1 Å². The first-order valence-corrected chi connectivity index (χ1v) is 9.79. The normalized spacial score (nSPS) is 13.1. The number of aliphatic carboxylic acids is 1. The molecule has 0 aliphatic rings. The summed E-state index contributed by atoms with van der Waals surface area (Å²) in [6.07, 6.45) is 0.501. The van der Waals surface area contributed by atoms with Crippen molar-refractivity contribution in [1.82, 2.24) is 20.2 Å². The van der Waals surface area contributed by atoms with Crippen LogP contribution in [0.4, 0.5) is 0 Å². The van der Waals surface area contributed by atoms with Gasteiger partial charge in [-0.25, -0.2) is 4.68 Å². The summed E-state index contributed by atoms with van der Waals surface area (Å²) in [4.78, 5) is 10.8. The highest BCUT2D eigenvalue weighted by Gasteiger charge is 2.18. The Balaban J connectivity index is 2.09. The van der Waals surface area contributed by atoms with Gasteiger partial charge in [0.05, 0.1) is 18.6 Å². The van der Waals surface area contributed by atoms with Crippen LogP contribution in [0.2, 0.25) is 0 Å². The smallest absolute Gasteiger partial charge is 0.305 e. The molecule has 2 aromatic carbocycles. The lowest BCUT2D eigenvalue weighted by molar-refractivity contribution is -0.139. The van der Waals surface area contributed by atoms with Gasteiger partial charge in [-0.2, -0.15) is 0 Å². The molecule has 8 nitrogen and oxygen atoms in total. The highest BCUT2D eigenvalue weighted by molar-refractivity contribution is 6.00. The van der Waals surface area contributed by atoms with Gasteiger partial charge in [-0.05, 0) is 27.1 Å². The first kappa shape index (κ1) is 22.1. The summed E-state index contributed by atoms with van der Waals surface area (Å²) < 4.78 is 1.54. The number of aryl methyl sites for hydroxylation is 1. The van der Waals surface area contributed by atoms with Crippen molar-refractivity contribution < 1.29 is 20.1 Å². The van der Waals surface area contributed by atoms with Gasteiger partial charge in [-0.1, -0.05) is 72.8 Å². The van der Waals surface area contributed by atoms with Gasteiger partial charge in [0.25, 0.3) is 0 Å². The number of aliphatic hydroxyl groups excluding tert-OH is 2. The van der Waals surface area contributed by atoms with Crippen LogP contribution in [0.5, 0.6) is 0 Å². The van der Waals surface area contributed by atoms with Crippen LogP contribution < -0.4 is 0 Å². The molecule has 1 aromatic heterocycles. The van der Waals surface area contributed by atoms with Gasteiger partial charge in [0.1, 0.15) is 0 Å². The highest BCUT2D eigenvalue weighted by atomic mass is 16.4. The van der Waals surface area contributed by atoms with Crippen LogP contribution in [-0.4, -0.2) is 53.7 Å². The van der Waals surface area contributed by atoms with E-state index in [0.717, 1.165) is 16.7 Å². The van der Waals surface area contributed by atoms with Gasteiger partial charge < -0.3 is 15.3 Å². The number of carboxylic acid groups (broad SMARTS) is 1. The zero-order valence-corrected chi connectivity index (χ0v) is 17.0. The Kier molecular flexibility index (Phi) is 7.42. The fourth-order valence-corrected chi connectivity index (χ4v) is 3.26.